The number of piperazine rings is 1. The quantitative estimate of drug-likeness (QED) is 0.431. The molecule has 208 valence electrons. The summed E-state index contributed by atoms with van der Waals surface area (Å²) < 4.78 is 13.6. The van der Waals surface area contributed by atoms with Crippen LogP contribution in [0.4, 0.5) is 10.5 Å². The van der Waals surface area contributed by atoms with Gasteiger partial charge in [-0.1, -0.05) is 29.3 Å². The van der Waals surface area contributed by atoms with Gasteiger partial charge in [-0.05, 0) is 39.0 Å². The molecule has 3 aromatic rings. The molecular formula is C25H29Cl2N7O5. The summed E-state index contributed by atoms with van der Waals surface area (Å²) in [6, 6.07) is 6.01. The Balaban J connectivity index is 1.33. The van der Waals surface area contributed by atoms with Gasteiger partial charge in [0.25, 0.3) is 5.91 Å². The maximum atomic E-state index is 13.1. The average Bonchev–Trinajstić information content (AvgIpc) is 3.55. The van der Waals surface area contributed by atoms with Crippen LogP contribution < -0.4 is 10.1 Å². The van der Waals surface area contributed by atoms with Crippen molar-refractivity contribution in [2.24, 2.45) is 0 Å². The largest absolute Gasteiger partial charge is 0.470 e. The van der Waals surface area contributed by atoms with Crippen molar-refractivity contribution in [2.45, 2.75) is 33.5 Å². The third-order valence-electron chi connectivity index (χ3n) is 6.18. The van der Waals surface area contributed by atoms with Crippen LogP contribution in [0.25, 0.3) is 0 Å². The van der Waals surface area contributed by atoms with E-state index in [9.17, 15) is 14.4 Å². The number of ether oxygens (including phenoxy) is 2. The van der Waals surface area contributed by atoms with Gasteiger partial charge in [-0.3, -0.25) is 14.3 Å². The van der Waals surface area contributed by atoms with Gasteiger partial charge in [-0.15, -0.1) is 0 Å². The number of hydrogen-bond acceptors (Lipinski definition) is 7. The Morgan fingerprint density at radius 1 is 1.08 bits per heavy atom. The number of halogens is 2. The zero-order valence-electron chi connectivity index (χ0n) is 21.8. The van der Waals surface area contributed by atoms with Crippen LogP contribution in [0.5, 0.6) is 5.75 Å². The number of aryl methyl sites for hydroxylation is 1. The maximum Gasteiger partial charge on any atom is 0.409 e. The van der Waals surface area contributed by atoms with Gasteiger partial charge in [0.1, 0.15) is 16.8 Å². The molecular weight excluding hydrogens is 549 g/mol. The topological polar surface area (TPSA) is 124 Å². The first-order chi connectivity index (χ1) is 18.7. The fraction of sp³-hybridized carbons (Fsp3) is 0.400. The Hall–Kier alpha value is -3.77. The summed E-state index contributed by atoms with van der Waals surface area (Å²) in [5.74, 6) is -0.165. The lowest BCUT2D eigenvalue weighted by Gasteiger charge is -2.35. The number of hydrogen-bond donors (Lipinski definition) is 1. The smallest absolute Gasteiger partial charge is 0.409 e. The predicted molar refractivity (Wildman–Crippen MR) is 144 cm³/mol. The van der Waals surface area contributed by atoms with Crippen LogP contribution in [0, 0.1) is 6.92 Å². The van der Waals surface area contributed by atoms with Gasteiger partial charge in [-0.25, -0.2) is 9.48 Å². The first-order valence-corrected chi connectivity index (χ1v) is 13.1. The Kier molecular flexibility index (Phi) is 8.97. The van der Waals surface area contributed by atoms with Crippen LogP contribution in [0.2, 0.25) is 10.0 Å². The number of nitrogens with zero attached hydrogens (tertiary/aromatic N) is 6. The lowest BCUT2D eigenvalue weighted by atomic mass is 10.2. The number of carbonyl (C=O) groups excluding carboxylic acids is 3. The van der Waals surface area contributed by atoms with Crippen molar-refractivity contribution >= 4 is 46.8 Å². The summed E-state index contributed by atoms with van der Waals surface area (Å²) >= 11 is 12.1. The third-order valence-corrected chi connectivity index (χ3v) is 6.98. The van der Waals surface area contributed by atoms with Gasteiger partial charge >= 0.3 is 6.09 Å². The van der Waals surface area contributed by atoms with Gasteiger partial charge in [0.05, 0.1) is 23.0 Å². The number of benzene rings is 1. The fourth-order valence-electron chi connectivity index (χ4n) is 3.98. The van der Waals surface area contributed by atoms with E-state index in [4.69, 9.17) is 32.7 Å². The molecule has 1 saturated heterocycles. The molecule has 0 saturated carbocycles. The van der Waals surface area contributed by atoms with Gasteiger partial charge in [-0.2, -0.15) is 10.2 Å². The van der Waals surface area contributed by atoms with Crippen LogP contribution in [-0.4, -0.2) is 80.1 Å². The van der Waals surface area contributed by atoms with Gasteiger partial charge < -0.3 is 24.6 Å². The lowest BCUT2D eigenvalue weighted by molar-refractivity contribution is -0.136. The van der Waals surface area contributed by atoms with Crippen molar-refractivity contribution in [3.8, 4) is 5.75 Å². The average molecular weight is 578 g/mol. The normalized spacial score (nSPS) is 14.2. The Morgan fingerprint density at radius 2 is 1.79 bits per heavy atom. The molecule has 0 radical (unpaired) electrons. The van der Waals surface area contributed by atoms with Gasteiger partial charge in [0.15, 0.2) is 12.4 Å². The van der Waals surface area contributed by atoms with Gasteiger partial charge in [0.2, 0.25) is 5.91 Å². The van der Waals surface area contributed by atoms with E-state index < -0.39 is 11.9 Å². The molecule has 1 aliphatic heterocycles. The predicted octanol–water partition coefficient (Wildman–Crippen LogP) is 3.85. The number of nitrogens with one attached hydrogen (secondary N) is 1. The maximum absolute atomic E-state index is 13.1. The number of aromatic nitrogens is 4. The van der Waals surface area contributed by atoms with E-state index in [1.165, 1.54) is 9.36 Å². The fourth-order valence-corrected chi connectivity index (χ4v) is 4.32. The van der Waals surface area contributed by atoms with Crippen LogP contribution in [-0.2, 0) is 16.3 Å². The summed E-state index contributed by atoms with van der Waals surface area (Å²) in [4.78, 5) is 41.1. The first kappa shape index (κ1) is 28.2. The number of anilines is 1. The van der Waals surface area contributed by atoms with Crippen molar-refractivity contribution in [3.63, 3.8) is 0 Å². The Labute approximate surface area is 235 Å². The Bertz CT molecular complexity index is 1350. The number of carbonyl (C=O) groups is 3. The van der Waals surface area contributed by atoms with E-state index in [1.54, 1.807) is 67.2 Å². The molecule has 1 aliphatic rings. The zero-order valence-corrected chi connectivity index (χ0v) is 23.3. The van der Waals surface area contributed by atoms with Crippen molar-refractivity contribution in [2.75, 3.05) is 38.1 Å². The van der Waals surface area contributed by atoms with Crippen LogP contribution in [0.1, 0.15) is 36.1 Å². The number of amides is 3. The lowest BCUT2D eigenvalue weighted by Crippen LogP contribution is -2.52. The molecule has 2 aromatic heterocycles. The van der Waals surface area contributed by atoms with E-state index in [-0.39, 0.29) is 24.4 Å². The molecule has 0 aliphatic carbocycles. The van der Waals surface area contributed by atoms with Crippen LogP contribution in [0.3, 0.4) is 0 Å². The van der Waals surface area contributed by atoms with Crippen molar-refractivity contribution < 1.29 is 23.9 Å². The second-order valence-electron chi connectivity index (χ2n) is 8.82. The molecule has 3 heterocycles. The molecule has 3 amide bonds. The monoisotopic (exact) mass is 577 g/mol. The SMILES string of the molecule is CCOC(=O)N1CCN(C(=O)C(C)n2cc(NC(=O)c3ccn(COc4cccc(Cl)c4Cl)n3)c(C)n2)CC1. The highest BCUT2D eigenvalue weighted by Crippen LogP contribution is 2.31. The summed E-state index contributed by atoms with van der Waals surface area (Å²) in [5.41, 5.74) is 1.18. The second kappa shape index (κ2) is 12.4. The minimum absolute atomic E-state index is 0.0258. The molecule has 12 nitrogen and oxygen atoms in total. The molecule has 1 aromatic carbocycles. The van der Waals surface area contributed by atoms with E-state index in [2.05, 4.69) is 15.5 Å². The van der Waals surface area contributed by atoms with Crippen molar-refractivity contribution in [3.05, 3.63) is 58.1 Å². The summed E-state index contributed by atoms with van der Waals surface area (Å²) in [7, 11) is 0. The molecule has 1 unspecified atom stereocenters. The molecule has 1 atom stereocenters. The molecule has 1 fully saturated rings. The van der Waals surface area contributed by atoms with E-state index in [1.807, 2.05) is 0 Å². The first-order valence-electron chi connectivity index (χ1n) is 12.4. The summed E-state index contributed by atoms with van der Waals surface area (Å²) in [6.45, 7) is 7.18. The summed E-state index contributed by atoms with van der Waals surface area (Å²) in [6.07, 6.45) is 2.85. The van der Waals surface area contributed by atoms with E-state index >= 15 is 0 Å². The molecule has 39 heavy (non-hydrogen) atoms. The number of rotatable bonds is 8. The highest BCUT2D eigenvalue weighted by atomic mass is 35.5. The molecule has 4 rings (SSSR count). The van der Waals surface area contributed by atoms with Gasteiger partial charge in [0, 0.05) is 38.6 Å². The van der Waals surface area contributed by atoms with Crippen molar-refractivity contribution in [1.82, 2.24) is 29.4 Å². The molecule has 0 bridgehead atoms. The van der Waals surface area contributed by atoms with Crippen LogP contribution >= 0.6 is 23.2 Å². The van der Waals surface area contributed by atoms with Crippen LogP contribution in [0.15, 0.2) is 36.7 Å². The van der Waals surface area contributed by atoms with E-state index in [0.717, 1.165) is 0 Å². The molecule has 1 N–H and O–H groups in total. The second-order valence-corrected chi connectivity index (χ2v) is 9.60. The minimum atomic E-state index is -0.599. The van der Waals surface area contributed by atoms with Crippen molar-refractivity contribution in [1.29, 1.82) is 0 Å². The minimum Gasteiger partial charge on any atom is -0.470 e. The third kappa shape index (κ3) is 6.63. The highest BCUT2D eigenvalue weighted by Gasteiger charge is 2.29. The standard InChI is InChI=1S/C25H29Cl2N7O5/c1-4-38-25(37)32-12-10-31(11-13-32)24(36)17(3)34-14-20(16(2)29-34)28-23(35)19-8-9-33(30-19)15-39-21-7-5-6-18(26)22(21)27/h5-9,14,17H,4,10-13,15H2,1-3H3,(H,28,35). The Morgan fingerprint density at radius 3 is 2.51 bits per heavy atom. The summed E-state index contributed by atoms with van der Waals surface area (Å²) in [5, 5.41) is 12.1. The molecule has 14 heteroatoms. The molecule has 0 spiro atoms. The van der Waals surface area contributed by atoms with E-state index in [0.29, 0.717) is 60.0 Å². The zero-order chi connectivity index (χ0) is 28.1. The highest BCUT2D eigenvalue weighted by molar-refractivity contribution is 6.42.